The van der Waals surface area contributed by atoms with E-state index in [0.29, 0.717) is 24.7 Å². The molecular weight excluding hydrogens is 310 g/mol. The van der Waals surface area contributed by atoms with Crippen molar-refractivity contribution in [2.24, 2.45) is 11.7 Å². The van der Waals surface area contributed by atoms with E-state index < -0.39 is 6.10 Å². The molecule has 2 atom stereocenters. The molecule has 2 unspecified atom stereocenters. The second-order valence-electron chi connectivity index (χ2n) is 5.15. The van der Waals surface area contributed by atoms with Gasteiger partial charge in [-0.3, -0.25) is 0 Å². The van der Waals surface area contributed by atoms with Gasteiger partial charge in [0.1, 0.15) is 0 Å². The third-order valence-electron chi connectivity index (χ3n) is 3.30. The summed E-state index contributed by atoms with van der Waals surface area (Å²) < 4.78 is 12.1. The molecule has 0 saturated carbocycles. The number of halogens is 1. The zero-order chi connectivity index (χ0) is 14.0. The van der Waals surface area contributed by atoms with Crippen LogP contribution < -0.4 is 15.2 Å². The highest BCUT2D eigenvalue weighted by Crippen LogP contribution is 2.40. The van der Waals surface area contributed by atoms with Gasteiger partial charge >= 0.3 is 0 Å². The number of benzene rings is 1. The SMILES string of the molecule is CC(C)C(N)C(O)c1cc(Br)c2c(c1)OCCCO2. The molecule has 5 heteroatoms. The first-order chi connectivity index (χ1) is 9.00. The molecule has 0 fully saturated rings. The van der Waals surface area contributed by atoms with E-state index >= 15 is 0 Å². The summed E-state index contributed by atoms with van der Waals surface area (Å²) in [4.78, 5) is 0. The molecule has 106 valence electrons. The fourth-order valence-corrected chi connectivity index (χ4v) is 2.58. The number of nitrogens with two attached hydrogens (primary N) is 1. The molecule has 0 aliphatic carbocycles. The maximum atomic E-state index is 10.3. The van der Waals surface area contributed by atoms with E-state index in [0.717, 1.165) is 16.5 Å². The summed E-state index contributed by atoms with van der Waals surface area (Å²) in [5, 5.41) is 10.3. The predicted octanol–water partition coefficient (Wildman–Crippen LogP) is 2.63. The molecule has 19 heavy (non-hydrogen) atoms. The first-order valence-corrected chi connectivity index (χ1v) is 7.32. The molecule has 1 heterocycles. The molecule has 4 nitrogen and oxygen atoms in total. The van der Waals surface area contributed by atoms with E-state index in [1.807, 2.05) is 26.0 Å². The lowest BCUT2D eigenvalue weighted by Gasteiger charge is -2.23. The number of fused-ring (bicyclic) bond motifs is 1. The van der Waals surface area contributed by atoms with E-state index in [9.17, 15) is 5.11 Å². The van der Waals surface area contributed by atoms with Gasteiger partial charge in [0.15, 0.2) is 11.5 Å². The van der Waals surface area contributed by atoms with Crippen molar-refractivity contribution in [1.29, 1.82) is 0 Å². The molecule has 0 aromatic heterocycles. The van der Waals surface area contributed by atoms with Crippen LogP contribution in [0.4, 0.5) is 0 Å². The summed E-state index contributed by atoms with van der Waals surface area (Å²) in [6.07, 6.45) is 0.137. The van der Waals surface area contributed by atoms with Crippen LogP contribution in [0.3, 0.4) is 0 Å². The molecular formula is C14H20BrNO3. The molecule has 0 amide bonds. The van der Waals surface area contributed by atoms with Gasteiger partial charge < -0.3 is 20.3 Å². The second-order valence-corrected chi connectivity index (χ2v) is 6.00. The van der Waals surface area contributed by atoms with Crippen LogP contribution in [0.1, 0.15) is 31.9 Å². The standard InChI is InChI=1S/C14H20BrNO3/c1-8(2)12(16)13(17)9-6-10(15)14-11(7-9)18-4-3-5-19-14/h6-8,12-13,17H,3-5,16H2,1-2H3. The van der Waals surface area contributed by atoms with Crippen LogP contribution in [0.2, 0.25) is 0 Å². The highest BCUT2D eigenvalue weighted by Gasteiger charge is 2.23. The minimum atomic E-state index is -0.714. The Bertz CT molecular complexity index is 451. The van der Waals surface area contributed by atoms with Gasteiger partial charge in [-0.25, -0.2) is 0 Å². The molecule has 2 rings (SSSR count). The first-order valence-electron chi connectivity index (χ1n) is 6.53. The third-order valence-corrected chi connectivity index (χ3v) is 3.89. The lowest BCUT2D eigenvalue weighted by molar-refractivity contribution is 0.125. The van der Waals surface area contributed by atoms with Crippen LogP contribution in [-0.4, -0.2) is 24.4 Å². The summed E-state index contributed by atoms with van der Waals surface area (Å²) in [5.74, 6) is 1.56. The Morgan fingerprint density at radius 2 is 1.95 bits per heavy atom. The van der Waals surface area contributed by atoms with Crippen LogP contribution >= 0.6 is 15.9 Å². The summed E-state index contributed by atoms with van der Waals surface area (Å²) in [6.45, 7) is 5.24. The Morgan fingerprint density at radius 1 is 1.26 bits per heavy atom. The molecule has 1 aliphatic heterocycles. The van der Waals surface area contributed by atoms with Gasteiger partial charge in [-0.2, -0.15) is 0 Å². The van der Waals surface area contributed by atoms with Crippen LogP contribution in [0, 0.1) is 5.92 Å². The fraction of sp³-hybridized carbons (Fsp3) is 0.571. The number of hydrogen-bond acceptors (Lipinski definition) is 4. The van der Waals surface area contributed by atoms with Crippen molar-refractivity contribution in [3.8, 4) is 11.5 Å². The zero-order valence-electron chi connectivity index (χ0n) is 11.2. The van der Waals surface area contributed by atoms with E-state index in [1.165, 1.54) is 0 Å². The fourth-order valence-electron chi connectivity index (χ4n) is 2.01. The molecule has 0 saturated heterocycles. The number of aliphatic hydroxyl groups excluding tert-OH is 1. The average Bonchev–Trinajstić information content (AvgIpc) is 2.62. The summed E-state index contributed by atoms with van der Waals surface area (Å²) in [7, 11) is 0. The lowest BCUT2D eigenvalue weighted by Crippen LogP contribution is -2.33. The Labute approximate surface area is 122 Å². The van der Waals surface area contributed by atoms with E-state index in [1.54, 1.807) is 0 Å². The van der Waals surface area contributed by atoms with Crippen molar-refractivity contribution < 1.29 is 14.6 Å². The van der Waals surface area contributed by atoms with Gasteiger partial charge in [0.05, 0.1) is 23.8 Å². The van der Waals surface area contributed by atoms with E-state index in [-0.39, 0.29) is 12.0 Å². The predicted molar refractivity (Wildman–Crippen MR) is 77.5 cm³/mol. The topological polar surface area (TPSA) is 64.7 Å². The average molecular weight is 330 g/mol. The van der Waals surface area contributed by atoms with Crippen LogP contribution in [0.25, 0.3) is 0 Å². The zero-order valence-corrected chi connectivity index (χ0v) is 12.8. The van der Waals surface area contributed by atoms with E-state index in [4.69, 9.17) is 15.2 Å². The third kappa shape index (κ3) is 3.22. The van der Waals surface area contributed by atoms with Crippen molar-refractivity contribution in [3.05, 3.63) is 22.2 Å². The monoisotopic (exact) mass is 329 g/mol. The summed E-state index contributed by atoms with van der Waals surface area (Å²) in [5.41, 5.74) is 6.76. The van der Waals surface area contributed by atoms with Crippen molar-refractivity contribution in [2.45, 2.75) is 32.4 Å². The van der Waals surface area contributed by atoms with Gasteiger partial charge in [0.25, 0.3) is 0 Å². The smallest absolute Gasteiger partial charge is 0.175 e. The van der Waals surface area contributed by atoms with Gasteiger partial charge in [-0.05, 0) is 39.5 Å². The molecule has 0 bridgehead atoms. The number of aliphatic hydroxyl groups is 1. The minimum absolute atomic E-state index is 0.199. The van der Waals surface area contributed by atoms with Crippen molar-refractivity contribution in [2.75, 3.05) is 13.2 Å². The maximum absolute atomic E-state index is 10.3. The van der Waals surface area contributed by atoms with Crippen molar-refractivity contribution in [1.82, 2.24) is 0 Å². The Balaban J connectivity index is 2.33. The maximum Gasteiger partial charge on any atom is 0.175 e. The molecule has 0 spiro atoms. The quantitative estimate of drug-likeness (QED) is 0.894. The van der Waals surface area contributed by atoms with Crippen LogP contribution in [0.15, 0.2) is 16.6 Å². The molecule has 3 N–H and O–H groups in total. The van der Waals surface area contributed by atoms with Gasteiger partial charge in [-0.1, -0.05) is 13.8 Å². The summed E-state index contributed by atoms with van der Waals surface area (Å²) >= 11 is 3.47. The minimum Gasteiger partial charge on any atom is -0.490 e. The largest absolute Gasteiger partial charge is 0.490 e. The van der Waals surface area contributed by atoms with Crippen molar-refractivity contribution >= 4 is 15.9 Å². The Kier molecular flexibility index (Phi) is 4.71. The van der Waals surface area contributed by atoms with E-state index in [2.05, 4.69) is 15.9 Å². The number of rotatable bonds is 3. The Morgan fingerprint density at radius 3 is 2.63 bits per heavy atom. The second kappa shape index (κ2) is 6.11. The summed E-state index contributed by atoms with van der Waals surface area (Å²) in [6, 6.07) is 3.36. The van der Waals surface area contributed by atoms with Gasteiger partial charge in [-0.15, -0.1) is 0 Å². The van der Waals surface area contributed by atoms with Crippen LogP contribution in [-0.2, 0) is 0 Å². The molecule has 1 aliphatic rings. The number of ether oxygens (including phenoxy) is 2. The molecule has 1 aromatic carbocycles. The highest BCUT2D eigenvalue weighted by molar-refractivity contribution is 9.10. The normalized spacial score (nSPS) is 18.0. The van der Waals surface area contributed by atoms with Crippen LogP contribution in [0.5, 0.6) is 11.5 Å². The lowest BCUT2D eigenvalue weighted by atomic mass is 9.94. The highest BCUT2D eigenvalue weighted by atomic mass is 79.9. The van der Waals surface area contributed by atoms with Gasteiger partial charge in [0, 0.05) is 12.5 Å². The Hall–Kier alpha value is -0.780. The number of hydrogen-bond donors (Lipinski definition) is 2. The molecule has 1 aromatic rings. The molecule has 0 radical (unpaired) electrons. The first kappa shape index (κ1) is 14.6. The van der Waals surface area contributed by atoms with Gasteiger partial charge in [0.2, 0.25) is 0 Å². The van der Waals surface area contributed by atoms with Crippen molar-refractivity contribution in [3.63, 3.8) is 0 Å².